The van der Waals surface area contributed by atoms with Crippen molar-refractivity contribution in [2.75, 3.05) is 11.4 Å². The largest absolute Gasteiger partial charge is 0.416 e. The molecule has 1 unspecified atom stereocenters. The normalized spacial score (nSPS) is 15.9. The van der Waals surface area contributed by atoms with Crippen molar-refractivity contribution >= 4 is 23.2 Å². The molecule has 0 saturated carbocycles. The predicted octanol–water partition coefficient (Wildman–Crippen LogP) is 6.00. The summed E-state index contributed by atoms with van der Waals surface area (Å²) in [7, 11) is 0. The number of hydrogen-bond acceptors (Lipinski definition) is 3. The van der Waals surface area contributed by atoms with E-state index in [9.17, 15) is 35.9 Å². The number of fused-ring (bicyclic) bond motifs is 1. The van der Waals surface area contributed by atoms with Crippen molar-refractivity contribution in [1.82, 2.24) is 5.32 Å². The van der Waals surface area contributed by atoms with Gasteiger partial charge in [-0.15, -0.1) is 0 Å². The molecule has 204 valence electrons. The highest BCUT2D eigenvalue weighted by atomic mass is 19.4. The molecule has 5 nitrogen and oxygen atoms in total. The molecular weight excluding hydrogens is 524 g/mol. The summed E-state index contributed by atoms with van der Waals surface area (Å²) in [6.07, 6.45) is -11.9. The van der Waals surface area contributed by atoms with Gasteiger partial charge in [-0.05, 0) is 30.2 Å². The van der Waals surface area contributed by atoms with Gasteiger partial charge >= 0.3 is 12.4 Å². The number of anilines is 1. The fourth-order valence-electron chi connectivity index (χ4n) is 4.35. The van der Waals surface area contributed by atoms with Gasteiger partial charge in [-0.2, -0.15) is 26.3 Å². The fraction of sp³-hybridized carbons (Fsp3) is 0.250. The summed E-state index contributed by atoms with van der Waals surface area (Å²) in [4.78, 5) is 32.5. The number of carbonyl (C=O) groups excluding carboxylic acids is 2. The number of carbonyl (C=O) groups is 2. The lowest BCUT2D eigenvalue weighted by molar-refractivity contribution is -0.143. The molecule has 11 heteroatoms. The maximum atomic E-state index is 13.6. The van der Waals surface area contributed by atoms with Crippen molar-refractivity contribution < 1.29 is 35.9 Å². The highest BCUT2D eigenvalue weighted by molar-refractivity contribution is 6.20. The number of hydrogen-bond donors (Lipinski definition) is 1. The van der Waals surface area contributed by atoms with Crippen molar-refractivity contribution in [3.63, 3.8) is 0 Å². The van der Waals surface area contributed by atoms with Gasteiger partial charge in [0, 0.05) is 17.7 Å². The fourth-order valence-corrected chi connectivity index (χ4v) is 4.35. The average Bonchev–Trinajstić information content (AvgIpc) is 2.99. The molecule has 1 N–H and O–H groups in total. The van der Waals surface area contributed by atoms with Crippen molar-refractivity contribution in [3.8, 4) is 0 Å². The van der Waals surface area contributed by atoms with Crippen LogP contribution >= 0.6 is 0 Å². The summed E-state index contributed by atoms with van der Waals surface area (Å²) in [6, 6.07) is 17.0. The first-order valence-electron chi connectivity index (χ1n) is 12.0. The molecule has 0 aliphatic carbocycles. The Bertz CT molecular complexity index is 1400. The molecule has 1 heterocycles. The SMILES string of the molecule is CCCN1C(=O)C(NC(=O)Cc2ccc(C(F)(F)F)cc2C(F)(F)F)N=C(c2ccccc2)c2ccccc21. The molecule has 1 atom stereocenters. The molecule has 0 aromatic heterocycles. The average molecular weight is 547 g/mol. The molecule has 3 aromatic rings. The Balaban J connectivity index is 1.71. The smallest absolute Gasteiger partial charge is 0.326 e. The Morgan fingerprint density at radius 2 is 1.59 bits per heavy atom. The minimum Gasteiger partial charge on any atom is -0.326 e. The maximum absolute atomic E-state index is 13.6. The Kier molecular flexibility index (Phi) is 7.80. The topological polar surface area (TPSA) is 61.8 Å². The van der Waals surface area contributed by atoms with Crippen LogP contribution in [-0.2, 0) is 28.4 Å². The van der Waals surface area contributed by atoms with E-state index in [-0.39, 0.29) is 12.6 Å². The maximum Gasteiger partial charge on any atom is 0.416 e. The summed E-state index contributed by atoms with van der Waals surface area (Å²) < 4.78 is 79.8. The third-order valence-electron chi connectivity index (χ3n) is 6.09. The number of benzene rings is 3. The van der Waals surface area contributed by atoms with Gasteiger partial charge < -0.3 is 10.2 Å². The van der Waals surface area contributed by atoms with Gasteiger partial charge in [0.2, 0.25) is 12.1 Å². The Hall–Kier alpha value is -4.15. The van der Waals surface area contributed by atoms with E-state index in [1.807, 2.05) is 6.92 Å². The number of rotatable bonds is 6. The minimum absolute atomic E-state index is 0.0231. The third kappa shape index (κ3) is 6.13. The first-order valence-corrected chi connectivity index (χ1v) is 12.0. The molecule has 3 aromatic carbocycles. The summed E-state index contributed by atoms with van der Waals surface area (Å²) in [5, 5.41) is 2.40. The van der Waals surface area contributed by atoms with Gasteiger partial charge in [0.25, 0.3) is 5.91 Å². The van der Waals surface area contributed by atoms with Crippen LogP contribution in [0, 0.1) is 0 Å². The quantitative estimate of drug-likeness (QED) is 0.385. The van der Waals surface area contributed by atoms with Gasteiger partial charge in [0.15, 0.2) is 0 Å². The number of nitrogens with zero attached hydrogens (tertiary/aromatic N) is 2. The molecule has 1 aliphatic rings. The number of benzodiazepines with no additional fused rings is 1. The summed E-state index contributed by atoms with van der Waals surface area (Å²) in [6.45, 7) is 2.15. The zero-order valence-corrected chi connectivity index (χ0v) is 20.6. The Labute approximate surface area is 220 Å². The van der Waals surface area contributed by atoms with E-state index in [2.05, 4.69) is 10.3 Å². The first kappa shape index (κ1) is 27.9. The van der Waals surface area contributed by atoms with E-state index >= 15 is 0 Å². The van der Waals surface area contributed by atoms with Gasteiger partial charge in [-0.3, -0.25) is 9.59 Å². The molecule has 0 radical (unpaired) electrons. The van der Waals surface area contributed by atoms with Crippen LogP contribution < -0.4 is 10.2 Å². The lowest BCUT2D eigenvalue weighted by Gasteiger charge is -2.25. The summed E-state index contributed by atoms with van der Waals surface area (Å²) in [5.41, 5.74) is -1.48. The standard InChI is InChI=1S/C28H23F6N3O2/c1-2-14-37-22-11-7-6-10-20(22)24(17-8-4-3-5-9-17)36-25(26(37)39)35-23(38)15-18-12-13-19(27(29,30)31)16-21(18)28(32,33)34/h3-13,16,25H,2,14-15H2,1H3,(H,35,38). The van der Waals surface area contributed by atoms with Crippen LogP contribution in [0.2, 0.25) is 0 Å². The molecule has 0 fully saturated rings. The Morgan fingerprint density at radius 3 is 2.23 bits per heavy atom. The first-order chi connectivity index (χ1) is 18.4. The molecule has 2 amide bonds. The van der Waals surface area contributed by atoms with Crippen LogP contribution in [0.1, 0.15) is 41.2 Å². The summed E-state index contributed by atoms with van der Waals surface area (Å²) >= 11 is 0. The third-order valence-corrected chi connectivity index (χ3v) is 6.09. The van der Waals surface area contributed by atoms with E-state index < -0.39 is 53.4 Å². The van der Waals surface area contributed by atoms with E-state index in [1.54, 1.807) is 54.6 Å². The van der Waals surface area contributed by atoms with Gasteiger partial charge in [-0.25, -0.2) is 4.99 Å². The second-order valence-corrected chi connectivity index (χ2v) is 8.87. The van der Waals surface area contributed by atoms with Crippen molar-refractivity contribution in [2.24, 2.45) is 4.99 Å². The van der Waals surface area contributed by atoms with Crippen molar-refractivity contribution in [1.29, 1.82) is 0 Å². The van der Waals surface area contributed by atoms with Gasteiger partial charge in [-0.1, -0.05) is 61.5 Å². The minimum atomic E-state index is -5.13. The predicted molar refractivity (Wildman–Crippen MR) is 133 cm³/mol. The van der Waals surface area contributed by atoms with Crippen LogP contribution in [-0.4, -0.2) is 30.2 Å². The van der Waals surface area contributed by atoms with Crippen molar-refractivity contribution in [3.05, 3.63) is 101 Å². The van der Waals surface area contributed by atoms with E-state index in [1.165, 1.54) is 4.90 Å². The van der Waals surface area contributed by atoms with Crippen LogP contribution in [0.15, 0.2) is 77.8 Å². The molecule has 0 spiro atoms. The van der Waals surface area contributed by atoms with Crippen LogP contribution in [0.25, 0.3) is 0 Å². The van der Waals surface area contributed by atoms with Crippen molar-refractivity contribution in [2.45, 2.75) is 38.3 Å². The van der Waals surface area contributed by atoms with E-state index in [0.717, 1.165) is 0 Å². The Morgan fingerprint density at radius 1 is 0.923 bits per heavy atom. The number of halogens is 6. The molecule has 4 rings (SSSR count). The highest BCUT2D eigenvalue weighted by Crippen LogP contribution is 2.37. The van der Waals surface area contributed by atoms with Gasteiger partial charge in [0.1, 0.15) is 0 Å². The molecule has 39 heavy (non-hydrogen) atoms. The second-order valence-electron chi connectivity index (χ2n) is 8.87. The molecule has 0 saturated heterocycles. The number of amides is 2. The number of nitrogens with one attached hydrogen (secondary N) is 1. The lowest BCUT2D eigenvalue weighted by atomic mass is 10.00. The number of para-hydroxylation sites is 1. The monoisotopic (exact) mass is 547 g/mol. The van der Waals surface area contributed by atoms with E-state index in [4.69, 9.17) is 0 Å². The number of aliphatic imine (C=N–C) groups is 1. The van der Waals surface area contributed by atoms with Gasteiger partial charge in [0.05, 0.1) is 28.9 Å². The summed E-state index contributed by atoms with van der Waals surface area (Å²) in [5.74, 6) is -1.59. The zero-order chi connectivity index (χ0) is 28.4. The second kappa shape index (κ2) is 10.9. The van der Waals surface area contributed by atoms with Crippen LogP contribution in [0.5, 0.6) is 0 Å². The molecular formula is C28H23F6N3O2. The molecule has 0 bridgehead atoms. The van der Waals surface area contributed by atoms with E-state index in [0.29, 0.717) is 41.1 Å². The molecule has 1 aliphatic heterocycles. The number of alkyl halides is 6. The lowest BCUT2D eigenvalue weighted by Crippen LogP contribution is -2.48. The van der Waals surface area contributed by atoms with Crippen LogP contribution in [0.3, 0.4) is 0 Å². The van der Waals surface area contributed by atoms with Crippen LogP contribution in [0.4, 0.5) is 32.0 Å². The zero-order valence-electron chi connectivity index (χ0n) is 20.6. The highest BCUT2D eigenvalue weighted by Gasteiger charge is 2.39.